The molecule has 0 spiro atoms. The van der Waals surface area contributed by atoms with Crippen LogP contribution in [-0.4, -0.2) is 24.7 Å². The average Bonchev–Trinajstić information content (AvgIpc) is 2.42. The van der Waals surface area contributed by atoms with Crippen LogP contribution in [0, 0.1) is 11.8 Å². The fourth-order valence-electron chi connectivity index (χ4n) is 2.34. The highest BCUT2D eigenvalue weighted by atomic mass is 32.1. The van der Waals surface area contributed by atoms with Gasteiger partial charge in [-0.05, 0) is 30.2 Å². The lowest BCUT2D eigenvalue weighted by atomic mass is 9.85. The molecule has 0 aliphatic heterocycles. The van der Waals surface area contributed by atoms with Crippen molar-refractivity contribution in [1.29, 1.82) is 0 Å². The summed E-state index contributed by atoms with van der Waals surface area (Å²) in [7, 11) is 2.47. The molecule has 4 atom stereocenters. The van der Waals surface area contributed by atoms with Gasteiger partial charge in [-0.2, -0.15) is 12.6 Å². The summed E-state index contributed by atoms with van der Waals surface area (Å²) in [6.07, 6.45) is 4.92. The molecular weight excluding hydrogens is 186 g/mol. The van der Waals surface area contributed by atoms with Crippen molar-refractivity contribution in [3.8, 4) is 0 Å². The van der Waals surface area contributed by atoms with Gasteiger partial charge in [-0.1, -0.05) is 18.7 Å². The van der Waals surface area contributed by atoms with Crippen LogP contribution in [-0.2, 0) is 0 Å². The Kier molecular flexibility index (Phi) is 5.00. The van der Waals surface area contributed by atoms with E-state index in [4.69, 9.17) is 4.89 Å². The molecule has 1 nitrogen and oxygen atoms in total. The monoisotopic (exact) mass is 204 g/mol. The van der Waals surface area contributed by atoms with Crippen LogP contribution in [0.25, 0.3) is 0 Å². The van der Waals surface area contributed by atoms with Gasteiger partial charge in [0.2, 0.25) is 0 Å². The van der Waals surface area contributed by atoms with Gasteiger partial charge in [-0.25, -0.2) is 0 Å². The first-order valence-corrected chi connectivity index (χ1v) is 6.54. The minimum Gasteiger partial charge on any atom is -0.377 e. The molecule has 1 aliphatic carbocycles. The summed E-state index contributed by atoms with van der Waals surface area (Å²) in [4.78, 5) is 8.76. The Morgan fingerprint density at radius 1 is 1.42 bits per heavy atom. The molecule has 0 aromatic rings. The molecule has 12 heavy (non-hydrogen) atoms. The van der Waals surface area contributed by atoms with Gasteiger partial charge in [0.25, 0.3) is 0 Å². The van der Waals surface area contributed by atoms with Gasteiger partial charge in [-0.15, -0.1) is 0 Å². The molecule has 1 rings (SSSR count). The van der Waals surface area contributed by atoms with E-state index in [0.29, 0.717) is 0 Å². The molecule has 0 aromatic carbocycles. The Morgan fingerprint density at radius 3 is 2.67 bits per heavy atom. The Labute approximate surface area is 83.4 Å². The molecule has 0 radical (unpaired) electrons. The smallest absolute Gasteiger partial charge is 0.105 e. The molecule has 4 unspecified atom stereocenters. The van der Waals surface area contributed by atoms with Gasteiger partial charge in [0.1, 0.15) is 7.85 Å². The standard InChI is InChI=1S/C8H18BOPS/c9-8-3-6(1-2-11-10)7(4-8)5-12/h6-8,10-12H,1-5,9H2. The van der Waals surface area contributed by atoms with E-state index in [0.717, 1.165) is 29.6 Å². The summed E-state index contributed by atoms with van der Waals surface area (Å²) >= 11 is 4.38. The minimum absolute atomic E-state index is 0.143. The first-order chi connectivity index (χ1) is 5.77. The maximum atomic E-state index is 8.76. The molecule has 0 bridgehead atoms. The first kappa shape index (κ1) is 10.9. The molecule has 4 heteroatoms. The molecule has 0 saturated heterocycles. The number of hydrogen-bond acceptors (Lipinski definition) is 2. The predicted octanol–water partition coefficient (Wildman–Crippen LogP) is 1.34. The Balaban J connectivity index is 2.30. The van der Waals surface area contributed by atoms with Crippen LogP contribution in [0.2, 0.25) is 5.82 Å². The van der Waals surface area contributed by atoms with Crippen molar-refractivity contribution >= 4 is 29.3 Å². The van der Waals surface area contributed by atoms with Crippen molar-refractivity contribution in [3.63, 3.8) is 0 Å². The Morgan fingerprint density at radius 2 is 2.08 bits per heavy atom. The van der Waals surface area contributed by atoms with Crippen molar-refractivity contribution < 1.29 is 4.89 Å². The molecule has 0 amide bonds. The second-order valence-electron chi connectivity index (χ2n) is 3.98. The zero-order valence-corrected chi connectivity index (χ0v) is 9.56. The summed E-state index contributed by atoms with van der Waals surface area (Å²) in [5.41, 5.74) is 0. The normalized spacial score (nSPS) is 36.7. The molecule has 1 saturated carbocycles. The fraction of sp³-hybridized carbons (Fsp3) is 1.00. The Hall–Kier alpha value is 0.805. The largest absolute Gasteiger partial charge is 0.377 e. The molecule has 1 fully saturated rings. The van der Waals surface area contributed by atoms with E-state index in [1.54, 1.807) is 0 Å². The molecule has 0 heterocycles. The van der Waals surface area contributed by atoms with Gasteiger partial charge in [0.05, 0.1) is 0 Å². The first-order valence-electron chi connectivity index (χ1n) is 4.75. The molecule has 1 N–H and O–H groups in total. The quantitative estimate of drug-likeness (QED) is 0.402. The van der Waals surface area contributed by atoms with E-state index in [1.165, 1.54) is 19.3 Å². The van der Waals surface area contributed by atoms with E-state index >= 15 is 0 Å². The third-order valence-electron chi connectivity index (χ3n) is 2.94. The van der Waals surface area contributed by atoms with Crippen LogP contribution in [0.3, 0.4) is 0 Å². The lowest BCUT2D eigenvalue weighted by Gasteiger charge is -2.16. The second-order valence-corrected chi connectivity index (χ2v) is 5.16. The summed E-state index contributed by atoms with van der Waals surface area (Å²) in [5, 5.41) is 0. The van der Waals surface area contributed by atoms with Crippen molar-refractivity contribution in [3.05, 3.63) is 0 Å². The van der Waals surface area contributed by atoms with Crippen molar-refractivity contribution in [2.75, 3.05) is 11.9 Å². The summed E-state index contributed by atoms with van der Waals surface area (Å²) in [5.74, 6) is 3.58. The highest BCUT2D eigenvalue weighted by molar-refractivity contribution is 7.80. The highest BCUT2D eigenvalue weighted by Crippen LogP contribution is 2.41. The van der Waals surface area contributed by atoms with Crippen LogP contribution >= 0.6 is 21.4 Å². The molecule has 70 valence electrons. The van der Waals surface area contributed by atoms with Crippen molar-refractivity contribution in [2.45, 2.75) is 25.1 Å². The average molecular weight is 204 g/mol. The summed E-state index contributed by atoms with van der Waals surface area (Å²) in [6.45, 7) is 0. The van der Waals surface area contributed by atoms with Crippen LogP contribution in [0.5, 0.6) is 0 Å². The molecule has 1 aliphatic rings. The zero-order valence-electron chi connectivity index (χ0n) is 7.66. The second kappa shape index (κ2) is 5.52. The van der Waals surface area contributed by atoms with Crippen LogP contribution in [0.15, 0.2) is 0 Å². The topological polar surface area (TPSA) is 20.2 Å². The molecular formula is C8H18BOPS. The Bertz CT molecular complexity index is 136. The maximum absolute atomic E-state index is 8.76. The van der Waals surface area contributed by atoms with Gasteiger partial charge in [-0.3, -0.25) is 0 Å². The number of thiol groups is 1. The van der Waals surface area contributed by atoms with Crippen molar-refractivity contribution in [2.24, 2.45) is 11.8 Å². The summed E-state index contributed by atoms with van der Waals surface area (Å²) < 4.78 is 0. The minimum atomic E-state index is 0.143. The van der Waals surface area contributed by atoms with Crippen LogP contribution in [0.1, 0.15) is 19.3 Å². The third kappa shape index (κ3) is 2.94. The lowest BCUT2D eigenvalue weighted by Crippen LogP contribution is -2.09. The van der Waals surface area contributed by atoms with Crippen molar-refractivity contribution in [1.82, 2.24) is 0 Å². The van der Waals surface area contributed by atoms with Gasteiger partial charge < -0.3 is 4.89 Å². The predicted molar refractivity (Wildman–Crippen MR) is 62.4 cm³/mol. The van der Waals surface area contributed by atoms with E-state index in [9.17, 15) is 0 Å². The molecule has 0 aromatic heterocycles. The number of rotatable bonds is 4. The maximum Gasteiger partial charge on any atom is 0.105 e. The van der Waals surface area contributed by atoms with E-state index in [2.05, 4.69) is 20.5 Å². The van der Waals surface area contributed by atoms with Gasteiger partial charge >= 0.3 is 0 Å². The van der Waals surface area contributed by atoms with Crippen LogP contribution < -0.4 is 0 Å². The van der Waals surface area contributed by atoms with E-state index < -0.39 is 0 Å². The number of hydrogen-bond donors (Lipinski definition) is 2. The van der Waals surface area contributed by atoms with Gasteiger partial charge in [0, 0.05) is 8.81 Å². The van der Waals surface area contributed by atoms with E-state index in [1.807, 2.05) is 0 Å². The lowest BCUT2D eigenvalue weighted by molar-refractivity contribution is 0.414. The van der Waals surface area contributed by atoms with Crippen LogP contribution in [0.4, 0.5) is 0 Å². The van der Waals surface area contributed by atoms with E-state index in [-0.39, 0.29) is 8.81 Å². The SMILES string of the molecule is BC1CC(CS)C(CCPO)C1. The third-order valence-corrected chi connectivity index (χ3v) is 3.92. The zero-order chi connectivity index (χ0) is 8.97. The summed E-state index contributed by atoms with van der Waals surface area (Å²) in [6, 6.07) is 0. The fourth-order valence-corrected chi connectivity index (χ4v) is 3.29. The highest BCUT2D eigenvalue weighted by Gasteiger charge is 2.29. The van der Waals surface area contributed by atoms with Gasteiger partial charge in [0.15, 0.2) is 0 Å².